The van der Waals surface area contributed by atoms with E-state index in [1.54, 1.807) is 12.3 Å². The minimum absolute atomic E-state index is 0.0506. The average Bonchev–Trinajstić information content (AvgIpc) is 3.35. The molecule has 1 aliphatic rings. The van der Waals surface area contributed by atoms with Crippen LogP contribution in [0.5, 0.6) is 0 Å². The number of carbonyl (C=O) groups excluding carboxylic acids is 1. The Labute approximate surface area is 154 Å². The Morgan fingerprint density at radius 3 is 2.78 bits per heavy atom. The van der Waals surface area contributed by atoms with E-state index in [1.165, 1.54) is 0 Å². The number of hydrogen-bond acceptors (Lipinski definition) is 7. The first-order valence-corrected chi connectivity index (χ1v) is 8.45. The van der Waals surface area contributed by atoms with E-state index in [-0.39, 0.29) is 18.4 Å². The van der Waals surface area contributed by atoms with Crippen molar-refractivity contribution in [2.45, 2.75) is 32.7 Å². The second-order valence-electron chi connectivity index (χ2n) is 6.25. The lowest BCUT2D eigenvalue weighted by atomic mass is 10.1. The predicted molar refractivity (Wildman–Crippen MR) is 94.0 cm³/mol. The lowest BCUT2D eigenvalue weighted by Gasteiger charge is -2.23. The molecule has 10 heteroatoms. The topological polar surface area (TPSA) is 127 Å². The number of carbonyl (C=O) groups is 2. The molecular formula is C17H20N6O4. The summed E-state index contributed by atoms with van der Waals surface area (Å²) in [5.74, 6) is 0.776. The largest absolute Gasteiger partial charge is 0.483 e. The molecule has 4 rings (SSSR count). The maximum Gasteiger partial charge on any atom is 0.290 e. The standard InChI is InChI=1S/C16H18N6O2.CH2O2/c1-9-13(20-24-19-9)12-5-4-8-22(12)16(23)11-6-7-17-15-14(11)18-10(2)21(15)3;2-1-3/h6-7,12H,4-5,8H2,1-3H3;1H,(H,2,3). The number of nitrogens with zero attached hydrogens (tertiary/aromatic N) is 6. The number of pyridine rings is 1. The predicted octanol–water partition coefficient (Wildman–Crippen LogP) is 1.65. The third kappa shape index (κ3) is 3.25. The van der Waals surface area contributed by atoms with Crippen LogP contribution in [0.15, 0.2) is 16.9 Å². The van der Waals surface area contributed by atoms with Crippen molar-refractivity contribution in [1.29, 1.82) is 0 Å². The zero-order valence-electron chi connectivity index (χ0n) is 15.3. The minimum atomic E-state index is -0.250. The molecule has 4 heterocycles. The van der Waals surface area contributed by atoms with E-state index in [2.05, 4.69) is 20.3 Å². The molecular weight excluding hydrogens is 352 g/mol. The van der Waals surface area contributed by atoms with Crippen molar-refractivity contribution in [3.63, 3.8) is 0 Å². The van der Waals surface area contributed by atoms with E-state index in [0.717, 1.165) is 30.1 Å². The Bertz CT molecular complexity index is 979. The van der Waals surface area contributed by atoms with Crippen LogP contribution in [0, 0.1) is 13.8 Å². The van der Waals surface area contributed by atoms with Gasteiger partial charge in [0, 0.05) is 19.8 Å². The number of carboxylic acid groups (broad SMARTS) is 1. The van der Waals surface area contributed by atoms with E-state index < -0.39 is 0 Å². The Balaban J connectivity index is 0.000000659. The second kappa shape index (κ2) is 7.52. The summed E-state index contributed by atoms with van der Waals surface area (Å²) in [4.78, 5) is 32.2. The third-order valence-electron chi connectivity index (χ3n) is 4.73. The van der Waals surface area contributed by atoms with Crippen LogP contribution in [0.4, 0.5) is 0 Å². The zero-order chi connectivity index (χ0) is 19.6. The lowest BCUT2D eigenvalue weighted by Crippen LogP contribution is -2.31. The maximum absolute atomic E-state index is 13.2. The van der Waals surface area contributed by atoms with Crippen molar-refractivity contribution < 1.29 is 19.3 Å². The van der Waals surface area contributed by atoms with Gasteiger partial charge in [0.2, 0.25) is 0 Å². The molecule has 1 amide bonds. The Morgan fingerprint density at radius 1 is 1.37 bits per heavy atom. The molecule has 3 aromatic rings. The van der Waals surface area contributed by atoms with Crippen molar-refractivity contribution in [3.05, 3.63) is 35.0 Å². The molecule has 0 aromatic carbocycles. The van der Waals surface area contributed by atoms with Gasteiger partial charge in [-0.2, -0.15) is 0 Å². The van der Waals surface area contributed by atoms with Gasteiger partial charge in [0.15, 0.2) is 5.65 Å². The van der Waals surface area contributed by atoms with Crippen LogP contribution < -0.4 is 0 Å². The van der Waals surface area contributed by atoms with Gasteiger partial charge >= 0.3 is 0 Å². The van der Waals surface area contributed by atoms with Crippen LogP contribution in [0.25, 0.3) is 11.2 Å². The van der Waals surface area contributed by atoms with E-state index in [1.807, 2.05) is 30.4 Å². The number of imidazole rings is 1. The van der Waals surface area contributed by atoms with Crippen LogP contribution in [-0.2, 0) is 11.8 Å². The van der Waals surface area contributed by atoms with Gasteiger partial charge in [0.25, 0.3) is 12.4 Å². The molecule has 3 aromatic heterocycles. The molecule has 0 saturated carbocycles. The maximum atomic E-state index is 13.2. The van der Waals surface area contributed by atoms with Crippen LogP contribution in [0.2, 0.25) is 0 Å². The number of aryl methyl sites for hydroxylation is 3. The summed E-state index contributed by atoms with van der Waals surface area (Å²) in [5.41, 5.74) is 3.40. The highest BCUT2D eigenvalue weighted by atomic mass is 16.6. The number of amides is 1. The summed E-state index contributed by atoms with van der Waals surface area (Å²) in [6.07, 6.45) is 3.44. The highest BCUT2D eigenvalue weighted by Gasteiger charge is 2.35. The SMILES string of the molecule is Cc1nonc1C1CCCN1C(=O)c1ccnc2c1nc(C)n2C.O=CO. The van der Waals surface area contributed by atoms with Crippen molar-refractivity contribution >= 4 is 23.5 Å². The average molecular weight is 372 g/mol. The molecule has 1 unspecified atom stereocenters. The minimum Gasteiger partial charge on any atom is -0.483 e. The van der Waals surface area contributed by atoms with Crippen molar-refractivity contribution in [2.24, 2.45) is 7.05 Å². The molecule has 0 radical (unpaired) electrons. The molecule has 1 N–H and O–H groups in total. The summed E-state index contributed by atoms with van der Waals surface area (Å²) in [7, 11) is 1.90. The Morgan fingerprint density at radius 2 is 2.11 bits per heavy atom. The normalized spacial score (nSPS) is 16.3. The lowest BCUT2D eigenvalue weighted by molar-refractivity contribution is -0.122. The number of fused-ring (bicyclic) bond motifs is 1. The molecule has 1 fully saturated rings. The number of rotatable bonds is 2. The molecule has 1 saturated heterocycles. The summed E-state index contributed by atoms with van der Waals surface area (Å²) < 4.78 is 6.71. The molecule has 142 valence electrons. The summed E-state index contributed by atoms with van der Waals surface area (Å²) in [6, 6.07) is 1.64. The monoisotopic (exact) mass is 372 g/mol. The molecule has 0 aliphatic carbocycles. The zero-order valence-corrected chi connectivity index (χ0v) is 15.3. The fourth-order valence-electron chi connectivity index (χ4n) is 3.35. The molecule has 0 bridgehead atoms. The summed E-state index contributed by atoms with van der Waals surface area (Å²) in [5, 5.41) is 14.7. The first-order valence-electron chi connectivity index (χ1n) is 8.45. The fourth-order valence-corrected chi connectivity index (χ4v) is 3.35. The summed E-state index contributed by atoms with van der Waals surface area (Å²) >= 11 is 0. The van der Waals surface area contributed by atoms with Gasteiger partial charge in [0.1, 0.15) is 22.7 Å². The van der Waals surface area contributed by atoms with Crippen LogP contribution in [-0.4, -0.2) is 53.8 Å². The molecule has 27 heavy (non-hydrogen) atoms. The second-order valence-corrected chi connectivity index (χ2v) is 6.25. The smallest absolute Gasteiger partial charge is 0.290 e. The van der Waals surface area contributed by atoms with Crippen LogP contribution in [0.3, 0.4) is 0 Å². The number of likely N-dealkylation sites (tertiary alicyclic amines) is 1. The molecule has 10 nitrogen and oxygen atoms in total. The third-order valence-corrected chi connectivity index (χ3v) is 4.73. The Hall–Kier alpha value is -3.30. The van der Waals surface area contributed by atoms with Crippen molar-refractivity contribution in [1.82, 2.24) is 29.7 Å². The molecule has 1 atom stereocenters. The van der Waals surface area contributed by atoms with E-state index in [4.69, 9.17) is 14.5 Å². The number of hydrogen-bond donors (Lipinski definition) is 1. The van der Waals surface area contributed by atoms with Gasteiger partial charge in [-0.1, -0.05) is 10.3 Å². The first kappa shape index (κ1) is 18.5. The number of aromatic nitrogens is 5. The van der Waals surface area contributed by atoms with Crippen LogP contribution >= 0.6 is 0 Å². The van der Waals surface area contributed by atoms with Gasteiger partial charge in [0.05, 0.1) is 11.6 Å². The van der Waals surface area contributed by atoms with E-state index in [9.17, 15) is 4.79 Å². The fraction of sp³-hybridized carbons (Fsp3) is 0.412. The Kier molecular flexibility index (Phi) is 5.15. The van der Waals surface area contributed by atoms with Crippen LogP contribution in [0.1, 0.15) is 46.5 Å². The molecule has 1 aliphatic heterocycles. The van der Waals surface area contributed by atoms with E-state index >= 15 is 0 Å². The highest BCUT2D eigenvalue weighted by molar-refractivity contribution is 6.04. The van der Waals surface area contributed by atoms with Gasteiger partial charge in [-0.25, -0.2) is 14.6 Å². The molecule has 0 spiro atoms. The summed E-state index contributed by atoms with van der Waals surface area (Å²) in [6.45, 7) is 4.18. The van der Waals surface area contributed by atoms with E-state index in [0.29, 0.717) is 23.3 Å². The van der Waals surface area contributed by atoms with Gasteiger partial charge in [-0.3, -0.25) is 9.59 Å². The van der Waals surface area contributed by atoms with Crippen molar-refractivity contribution in [3.8, 4) is 0 Å². The first-order chi connectivity index (χ1) is 13.0. The van der Waals surface area contributed by atoms with Gasteiger partial charge < -0.3 is 14.6 Å². The highest BCUT2D eigenvalue weighted by Crippen LogP contribution is 2.34. The quantitative estimate of drug-likeness (QED) is 0.673. The van der Waals surface area contributed by atoms with Crippen molar-refractivity contribution in [2.75, 3.05) is 6.54 Å². The van der Waals surface area contributed by atoms with Gasteiger partial charge in [-0.15, -0.1) is 0 Å². The van der Waals surface area contributed by atoms with Gasteiger partial charge in [-0.05, 0) is 32.8 Å².